The largest absolute Gasteiger partial charge is 0.480 e. The number of pyridine rings is 1. The molecule has 0 amide bonds. The van der Waals surface area contributed by atoms with Crippen LogP contribution in [-0.4, -0.2) is 45.0 Å². The molecular weight excluding hydrogens is 274 g/mol. The van der Waals surface area contributed by atoms with Crippen molar-refractivity contribution in [2.24, 2.45) is 0 Å². The smallest absolute Gasteiger partial charge is 0.320 e. The van der Waals surface area contributed by atoms with Crippen LogP contribution in [0.3, 0.4) is 0 Å². The van der Waals surface area contributed by atoms with Crippen LogP contribution in [-0.2, 0) is 14.8 Å². The number of anilines is 1. The molecule has 0 atom stereocenters. The Morgan fingerprint density at radius 1 is 1.47 bits per heavy atom. The molecule has 2 N–H and O–H groups in total. The summed E-state index contributed by atoms with van der Waals surface area (Å²) in [4.78, 5) is 18.2. The van der Waals surface area contributed by atoms with Gasteiger partial charge in [-0.15, -0.1) is 0 Å². The normalized spacial score (nSPS) is 11.2. The maximum absolute atomic E-state index is 11.6. The number of hydrogen-bond donors (Lipinski definition) is 2. The Morgan fingerprint density at radius 2 is 2.26 bits per heavy atom. The van der Waals surface area contributed by atoms with Gasteiger partial charge in [0, 0.05) is 6.20 Å². The zero-order chi connectivity index (χ0) is 13.9. The molecule has 0 aliphatic rings. The number of aromatic nitrogens is 4. The number of hydrogen-bond acceptors (Lipinski definition) is 6. The highest BCUT2D eigenvalue weighted by molar-refractivity contribution is 7.93. The van der Waals surface area contributed by atoms with Crippen LogP contribution in [0.2, 0.25) is 0 Å². The van der Waals surface area contributed by atoms with Gasteiger partial charge in [0.15, 0.2) is 11.6 Å². The predicted molar refractivity (Wildman–Crippen MR) is 64.2 cm³/mol. The summed E-state index contributed by atoms with van der Waals surface area (Å²) in [5.74, 6) is -2.27. The lowest BCUT2D eigenvalue weighted by atomic mass is 10.4. The van der Waals surface area contributed by atoms with Gasteiger partial charge in [-0.2, -0.15) is 5.10 Å². The standard InChI is InChI=1S/C9H9N5O4S/c15-8(16)4-19(17,18)13-7-2-1-3-11-9(7)14-6-10-5-12-14/h1-3,5-6,13H,4H2,(H,15,16). The summed E-state index contributed by atoms with van der Waals surface area (Å²) in [7, 11) is -4.00. The van der Waals surface area contributed by atoms with E-state index in [-0.39, 0.29) is 11.5 Å². The lowest BCUT2D eigenvalue weighted by molar-refractivity contribution is -0.134. The Morgan fingerprint density at radius 3 is 2.89 bits per heavy atom. The average Bonchev–Trinajstić information content (AvgIpc) is 2.80. The first-order valence-corrected chi connectivity index (χ1v) is 6.65. The summed E-state index contributed by atoms with van der Waals surface area (Å²) >= 11 is 0. The predicted octanol–water partition coefficient (Wildman–Crippen LogP) is -0.511. The molecule has 2 rings (SSSR count). The lowest BCUT2D eigenvalue weighted by Crippen LogP contribution is -2.23. The van der Waals surface area contributed by atoms with E-state index in [0.717, 1.165) is 0 Å². The van der Waals surface area contributed by atoms with E-state index in [0.29, 0.717) is 0 Å². The van der Waals surface area contributed by atoms with Gasteiger partial charge in [-0.05, 0) is 12.1 Å². The lowest BCUT2D eigenvalue weighted by Gasteiger charge is -2.09. The molecule has 0 bridgehead atoms. The van der Waals surface area contributed by atoms with Crippen molar-refractivity contribution in [3.8, 4) is 5.82 Å². The molecule has 100 valence electrons. The fourth-order valence-electron chi connectivity index (χ4n) is 1.34. The summed E-state index contributed by atoms with van der Waals surface area (Å²) in [5.41, 5.74) is 0.120. The molecule has 0 unspecified atom stereocenters. The van der Waals surface area contributed by atoms with Crippen LogP contribution in [0.15, 0.2) is 31.0 Å². The van der Waals surface area contributed by atoms with Crippen molar-refractivity contribution in [1.82, 2.24) is 19.7 Å². The van der Waals surface area contributed by atoms with Crippen LogP contribution in [0, 0.1) is 0 Å². The summed E-state index contributed by atoms with van der Waals surface area (Å²) in [5, 5.41) is 12.3. The van der Waals surface area contributed by atoms with Crippen molar-refractivity contribution >= 4 is 21.7 Å². The molecule has 0 radical (unpaired) electrons. The van der Waals surface area contributed by atoms with Crippen LogP contribution in [0.1, 0.15) is 0 Å². The molecule has 0 aliphatic heterocycles. The number of aliphatic carboxylic acids is 1. The van der Waals surface area contributed by atoms with E-state index >= 15 is 0 Å². The Balaban J connectivity index is 2.34. The molecule has 0 saturated carbocycles. The van der Waals surface area contributed by atoms with Gasteiger partial charge in [0.05, 0.1) is 5.69 Å². The fourth-order valence-corrected chi connectivity index (χ4v) is 2.23. The van der Waals surface area contributed by atoms with Crippen molar-refractivity contribution in [1.29, 1.82) is 0 Å². The quantitative estimate of drug-likeness (QED) is 0.756. The van der Waals surface area contributed by atoms with Crippen LogP contribution in [0.4, 0.5) is 5.69 Å². The molecule has 2 aromatic rings. The molecule has 0 aromatic carbocycles. The highest BCUT2D eigenvalue weighted by Gasteiger charge is 2.18. The maximum atomic E-state index is 11.6. The molecule has 0 spiro atoms. The van der Waals surface area contributed by atoms with Crippen LogP contribution < -0.4 is 4.72 Å². The third kappa shape index (κ3) is 3.25. The monoisotopic (exact) mass is 283 g/mol. The minimum absolute atomic E-state index is 0.120. The SMILES string of the molecule is O=C(O)CS(=O)(=O)Nc1cccnc1-n1cncn1. The van der Waals surface area contributed by atoms with Gasteiger partial charge < -0.3 is 5.11 Å². The van der Waals surface area contributed by atoms with Gasteiger partial charge in [0.2, 0.25) is 10.0 Å². The second-order valence-electron chi connectivity index (χ2n) is 3.47. The van der Waals surface area contributed by atoms with E-state index in [1.54, 1.807) is 0 Å². The van der Waals surface area contributed by atoms with Crippen molar-refractivity contribution in [3.05, 3.63) is 31.0 Å². The van der Waals surface area contributed by atoms with Gasteiger partial charge in [-0.25, -0.2) is 23.1 Å². The fraction of sp³-hybridized carbons (Fsp3) is 0.111. The highest BCUT2D eigenvalue weighted by Crippen LogP contribution is 2.17. The van der Waals surface area contributed by atoms with Crippen LogP contribution in [0.25, 0.3) is 5.82 Å². The molecule has 0 fully saturated rings. The Labute approximate surface area is 108 Å². The van der Waals surface area contributed by atoms with Gasteiger partial charge in [-0.3, -0.25) is 9.52 Å². The van der Waals surface area contributed by atoms with Crippen molar-refractivity contribution in [2.75, 3.05) is 10.5 Å². The molecule has 10 heteroatoms. The average molecular weight is 283 g/mol. The van der Waals surface area contributed by atoms with Gasteiger partial charge in [-0.1, -0.05) is 0 Å². The number of nitrogens with one attached hydrogen (secondary N) is 1. The topological polar surface area (TPSA) is 127 Å². The second kappa shape index (κ2) is 5.02. The van der Waals surface area contributed by atoms with Crippen molar-refractivity contribution < 1.29 is 18.3 Å². The van der Waals surface area contributed by atoms with Crippen molar-refractivity contribution in [3.63, 3.8) is 0 Å². The third-order valence-electron chi connectivity index (χ3n) is 2.00. The van der Waals surface area contributed by atoms with Crippen LogP contribution >= 0.6 is 0 Å². The van der Waals surface area contributed by atoms with E-state index in [1.807, 2.05) is 0 Å². The first-order valence-electron chi connectivity index (χ1n) is 5.00. The zero-order valence-corrected chi connectivity index (χ0v) is 10.3. The van der Waals surface area contributed by atoms with E-state index in [9.17, 15) is 13.2 Å². The van der Waals surface area contributed by atoms with Gasteiger partial charge >= 0.3 is 5.97 Å². The highest BCUT2D eigenvalue weighted by atomic mass is 32.2. The molecule has 2 aromatic heterocycles. The minimum Gasteiger partial charge on any atom is -0.480 e. The second-order valence-corrected chi connectivity index (χ2v) is 5.19. The number of rotatable bonds is 5. The van der Waals surface area contributed by atoms with Crippen molar-refractivity contribution in [2.45, 2.75) is 0 Å². The number of carbonyl (C=O) groups is 1. The molecule has 0 aliphatic carbocycles. The zero-order valence-electron chi connectivity index (χ0n) is 9.46. The molecule has 19 heavy (non-hydrogen) atoms. The molecule has 0 saturated heterocycles. The van der Waals surface area contributed by atoms with Crippen LogP contribution in [0.5, 0.6) is 0 Å². The first-order chi connectivity index (χ1) is 8.98. The van der Waals surface area contributed by atoms with E-state index < -0.39 is 21.7 Å². The third-order valence-corrected chi connectivity index (χ3v) is 3.16. The minimum atomic E-state index is -4.00. The summed E-state index contributed by atoms with van der Waals surface area (Å²) in [6.45, 7) is 0. The number of nitrogens with zero attached hydrogens (tertiary/aromatic N) is 4. The number of carboxylic acids is 1. The Kier molecular flexibility index (Phi) is 3.42. The summed E-state index contributed by atoms with van der Waals surface area (Å²) < 4.78 is 26.5. The van der Waals surface area contributed by atoms with E-state index in [4.69, 9.17) is 5.11 Å². The Hall–Kier alpha value is -2.49. The number of sulfonamides is 1. The molecule has 2 heterocycles. The van der Waals surface area contributed by atoms with E-state index in [1.165, 1.54) is 35.7 Å². The van der Waals surface area contributed by atoms with Gasteiger partial charge in [0.25, 0.3) is 0 Å². The number of carboxylic acid groups (broad SMARTS) is 1. The van der Waals surface area contributed by atoms with Gasteiger partial charge in [0.1, 0.15) is 12.7 Å². The first kappa shape index (κ1) is 13.0. The van der Waals surface area contributed by atoms with E-state index in [2.05, 4.69) is 19.8 Å². The molecule has 9 nitrogen and oxygen atoms in total. The Bertz CT molecular complexity index is 682. The maximum Gasteiger partial charge on any atom is 0.320 e. The summed E-state index contributed by atoms with van der Waals surface area (Å²) in [6, 6.07) is 2.96. The molecular formula is C9H9N5O4S. The summed E-state index contributed by atoms with van der Waals surface area (Å²) in [6.07, 6.45) is 4.06.